The van der Waals surface area contributed by atoms with E-state index in [2.05, 4.69) is 5.32 Å². The van der Waals surface area contributed by atoms with Gasteiger partial charge in [-0.3, -0.25) is 4.79 Å². The molecule has 1 aromatic rings. The highest BCUT2D eigenvalue weighted by Crippen LogP contribution is 2.40. The second kappa shape index (κ2) is 8.64. The monoisotopic (exact) mass is 420 g/mol. The number of hydrogen-bond acceptors (Lipinski definition) is 4. The molecule has 29 heavy (non-hydrogen) atoms. The molecule has 0 bridgehead atoms. The zero-order chi connectivity index (χ0) is 20.4. The fourth-order valence-electron chi connectivity index (χ4n) is 5.36. The molecule has 3 atom stereocenters. The number of methoxy groups -OCH3 is 1. The Balaban J connectivity index is 1.50. The van der Waals surface area contributed by atoms with Crippen molar-refractivity contribution in [1.29, 1.82) is 0 Å². The van der Waals surface area contributed by atoms with E-state index in [0.717, 1.165) is 37.5 Å². The highest BCUT2D eigenvalue weighted by molar-refractivity contribution is 7.89. The van der Waals surface area contributed by atoms with Gasteiger partial charge in [-0.15, -0.1) is 0 Å². The zero-order valence-corrected chi connectivity index (χ0v) is 18.0. The van der Waals surface area contributed by atoms with Crippen LogP contribution in [0, 0.1) is 11.8 Å². The first-order valence-electron chi connectivity index (χ1n) is 11.0. The van der Waals surface area contributed by atoms with Crippen molar-refractivity contribution in [3.63, 3.8) is 0 Å². The van der Waals surface area contributed by atoms with Crippen LogP contribution in [0.5, 0.6) is 5.75 Å². The molecule has 6 nitrogen and oxygen atoms in total. The van der Waals surface area contributed by atoms with Crippen LogP contribution in [0.1, 0.15) is 68.1 Å². The third-order valence-corrected chi connectivity index (χ3v) is 8.90. The Morgan fingerprint density at radius 1 is 1.03 bits per heavy atom. The normalized spacial score (nSPS) is 28.0. The molecule has 2 aliphatic carbocycles. The first kappa shape index (κ1) is 20.7. The molecule has 0 radical (unpaired) electrons. The van der Waals surface area contributed by atoms with Crippen LogP contribution in [0.2, 0.25) is 0 Å². The lowest BCUT2D eigenvalue weighted by molar-refractivity contribution is 0.0879. The van der Waals surface area contributed by atoms with E-state index in [4.69, 9.17) is 4.74 Å². The second-order valence-corrected chi connectivity index (χ2v) is 10.7. The lowest BCUT2D eigenvalue weighted by Gasteiger charge is -2.39. The largest absolute Gasteiger partial charge is 0.495 e. The highest BCUT2D eigenvalue weighted by atomic mass is 32.2. The minimum Gasteiger partial charge on any atom is -0.495 e. The molecule has 1 aliphatic heterocycles. The first-order valence-corrected chi connectivity index (χ1v) is 12.4. The maximum atomic E-state index is 13.1. The molecule has 2 saturated carbocycles. The number of rotatable bonds is 5. The Labute approximate surface area is 174 Å². The van der Waals surface area contributed by atoms with Gasteiger partial charge in [-0.05, 0) is 62.1 Å². The lowest BCUT2D eigenvalue weighted by Crippen LogP contribution is -2.41. The van der Waals surface area contributed by atoms with E-state index in [0.29, 0.717) is 18.7 Å². The molecule has 7 heteroatoms. The number of sulfonamides is 1. The number of nitrogens with zero attached hydrogens (tertiary/aromatic N) is 1. The molecule has 3 fully saturated rings. The first-order chi connectivity index (χ1) is 14.0. The van der Waals surface area contributed by atoms with Crippen LogP contribution in [-0.2, 0) is 10.0 Å². The van der Waals surface area contributed by atoms with Crippen LogP contribution in [-0.4, -0.2) is 44.9 Å². The number of nitrogens with one attached hydrogen (secondary N) is 1. The van der Waals surface area contributed by atoms with Crippen LogP contribution in [0.15, 0.2) is 23.1 Å². The van der Waals surface area contributed by atoms with Crippen LogP contribution < -0.4 is 10.1 Å². The summed E-state index contributed by atoms with van der Waals surface area (Å²) in [5, 5.41) is 3.17. The fourth-order valence-corrected chi connectivity index (χ4v) is 7.06. The number of carbonyl (C=O) groups excluding carboxylic acids is 1. The molecular weight excluding hydrogens is 388 g/mol. The van der Waals surface area contributed by atoms with E-state index in [9.17, 15) is 13.2 Å². The Morgan fingerprint density at radius 3 is 2.48 bits per heavy atom. The average Bonchev–Trinajstić information content (AvgIpc) is 3.29. The van der Waals surface area contributed by atoms with Gasteiger partial charge in [0.15, 0.2) is 0 Å². The fraction of sp³-hybridized carbons (Fsp3) is 0.682. The summed E-state index contributed by atoms with van der Waals surface area (Å²) in [6, 6.07) is 4.91. The maximum Gasteiger partial charge on any atom is 0.251 e. The Bertz CT molecular complexity index is 848. The number of carbonyl (C=O) groups is 1. The van der Waals surface area contributed by atoms with Crippen molar-refractivity contribution in [3.8, 4) is 5.75 Å². The van der Waals surface area contributed by atoms with Crippen LogP contribution in [0.3, 0.4) is 0 Å². The molecule has 1 aromatic carbocycles. The lowest BCUT2D eigenvalue weighted by atomic mass is 9.69. The van der Waals surface area contributed by atoms with Crippen LogP contribution in [0.25, 0.3) is 0 Å². The van der Waals surface area contributed by atoms with Crippen molar-refractivity contribution >= 4 is 15.9 Å². The van der Waals surface area contributed by atoms with Crippen molar-refractivity contribution in [2.75, 3.05) is 20.2 Å². The summed E-state index contributed by atoms with van der Waals surface area (Å²) in [6.45, 7) is 1.04. The Hall–Kier alpha value is -1.60. The summed E-state index contributed by atoms with van der Waals surface area (Å²) < 4.78 is 32.9. The number of hydrogen-bond donors (Lipinski definition) is 1. The van der Waals surface area contributed by atoms with Gasteiger partial charge in [0.2, 0.25) is 10.0 Å². The molecule has 3 aliphatic rings. The van der Waals surface area contributed by atoms with Crippen molar-refractivity contribution in [2.24, 2.45) is 11.8 Å². The number of amides is 1. The van der Waals surface area contributed by atoms with Crippen molar-refractivity contribution in [2.45, 2.75) is 68.7 Å². The molecule has 1 amide bonds. The van der Waals surface area contributed by atoms with Crippen LogP contribution in [0.4, 0.5) is 0 Å². The van der Waals surface area contributed by atoms with Gasteiger partial charge in [0.1, 0.15) is 10.6 Å². The Kier molecular flexibility index (Phi) is 6.16. The van der Waals surface area contributed by atoms with E-state index >= 15 is 0 Å². The predicted molar refractivity (Wildman–Crippen MR) is 112 cm³/mol. The quantitative estimate of drug-likeness (QED) is 0.790. The van der Waals surface area contributed by atoms with Crippen LogP contribution >= 0.6 is 0 Å². The van der Waals surface area contributed by atoms with Crippen molar-refractivity contribution < 1.29 is 17.9 Å². The van der Waals surface area contributed by atoms with E-state index in [1.165, 1.54) is 49.6 Å². The van der Waals surface area contributed by atoms with Gasteiger partial charge in [-0.25, -0.2) is 8.42 Å². The third kappa shape index (κ3) is 4.31. The summed E-state index contributed by atoms with van der Waals surface area (Å²) in [7, 11) is -2.20. The Morgan fingerprint density at radius 2 is 1.76 bits per heavy atom. The van der Waals surface area contributed by atoms with Gasteiger partial charge in [-0.2, -0.15) is 4.31 Å². The van der Waals surface area contributed by atoms with E-state index < -0.39 is 10.0 Å². The smallest absolute Gasteiger partial charge is 0.251 e. The minimum absolute atomic E-state index is 0.0885. The summed E-state index contributed by atoms with van der Waals surface area (Å²) in [4.78, 5) is 13.0. The van der Waals surface area contributed by atoms with Gasteiger partial charge in [-0.1, -0.05) is 25.7 Å². The van der Waals surface area contributed by atoms with Gasteiger partial charge < -0.3 is 10.1 Å². The highest BCUT2D eigenvalue weighted by Gasteiger charge is 2.34. The molecule has 160 valence electrons. The third-order valence-electron chi connectivity index (χ3n) is 6.98. The molecule has 4 rings (SSSR count). The van der Waals surface area contributed by atoms with E-state index in [-0.39, 0.29) is 22.6 Å². The molecule has 1 N–H and O–H groups in total. The van der Waals surface area contributed by atoms with Crippen molar-refractivity contribution in [3.05, 3.63) is 23.8 Å². The molecule has 1 heterocycles. The van der Waals surface area contributed by atoms with Gasteiger partial charge in [0, 0.05) is 24.7 Å². The topological polar surface area (TPSA) is 75.7 Å². The number of ether oxygens (including phenoxy) is 1. The molecule has 0 aromatic heterocycles. The summed E-state index contributed by atoms with van der Waals surface area (Å²) in [6.07, 6.45) is 10.2. The SMILES string of the molecule is COc1ccc(C(=O)N[C@@H]2CC[C@@H]3CCCC[C@@H]3C2)cc1S(=O)(=O)N1CCCC1. The molecule has 1 saturated heterocycles. The second-order valence-electron chi connectivity index (χ2n) is 8.76. The summed E-state index contributed by atoms with van der Waals surface area (Å²) >= 11 is 0. The molecule has 0 unspecified atom stereocenters. The van der Waals surface area contributed by atoms with Gasteiger partial charge in [0.05, 0.1) is 7.11 Å². The summed E-state index contributed by atoms with van der Waals surface area (Å²) in [5.74, 6) is 1.65. The van der Waals surface area contributed by atoms with E-state index in [1.807, 2.05) is 0 Å². The predicted octanol–water partition coefficient (Wildman–Crippen LogP) is 3.57. The van der Waals surface area contributed by atoms with Gasteiger partial charge >= 0.3 is 0 Å². The number of fused-ring (bicyclic) bond motifs is 1. The maximum absolute atomic E-state index is 13.1. The zero-order valence-electron chi connectivity index (χ0n) is 17.2. The van der Waals surface area contributed by atoms with Crippen molar-refractivity contribution in [1.82, 2.24) is 9.62 Å². The van der Waals surface area contributed by atoms with Gasteiger partial charge in [0.25, 0.3) is 5.91 Å². The molecular formula is C22H32N2O4S. The average molecular weight is 421 g/mol. The molecule has 0 spiro atoms. The number of benzene rings is 1. The summed E-state index contributed by atoms with van der Waals surface area (Å²) in [5.41, 5.74) is 0.384. The van der Waals surface area contributed by atoms with E-state index in [1.54, 1.807) is 12.1 Å². The minimum atomic E-state index is -3.66. The standard InChI is InChI=1S/C22H32N2O4S/c1-28-20-11-9-18(15-21(20)29(26,27)24-12-4-5-13-24)22(25)23-19-10-8-16-6-2-3-7-17(16)14-19/h9,11,15-17,19H,2-8,10,12-14H2,1H3,(H,23,25)/t16-,17+,19+/m0/s1.